The second kappa shape index (κ2) is 8.71. The lowest BCUT2D eigenvalue weighted by Crippen LogP contribution is -2.79. The number of carbonyl (C=O) groups is 4. The monoisotopic (exact) mass is 728 g/mol. The number of para-hydroxylation sites is 2. The summed E-state index contributed by atoms with van der Waals surface area (Å²) in [5, 5.41) is 54.7. The molecule has 4 bridgehead atoms. The molecule has 6 N–H and O–H groups in total. The van der Waals surface area contributed by atoms with E-state index in [0.29, 0.717) is 22.5 Å². The molecular formula is C30H28N6O8S4. The molecule has 2 aromatic carbocycles. The molecular weight excluding hydrogens is 701 g/mol. The Balaban J connectivity index is 1.34. The van der Waals surface area contributed by atoms with Gasteiger partial charge in [0.1, 0.15) is 24.5 Å². The lowest BCUT2D eigenvalue weighted by molar-refractivity contribution is -0.169. The van der Waals surface area contributed by atoms with Crippen molar-refractivity contribution in [3.05, 3.63) is 59.7 Å². The molecule has 8 fully saturated rings. The van der Waals surface area contributed by atoms with Gasteiger partial charge in [-0.1, -0.05) is 36.4 Å². The Morgan fingerprint density at radius 2 is 1.00 bits per heavy atom. The number of likely N-dealkylation sites (N-methyl/N-ethyl adjacent to an activating group) is 2. The maximum atomic E-state index is 14.7. The van der Waals surface area contributed by atoms with Gasteiger partial charge in [-0.3, -0.25) is 29.0 Å². The number of anilines is 2. The van der Waals surface area contributed by atoms with Crippen LogP contribution in [0.5, 0.6) is 0 Å². The van der Waals surface area contributed by atoms with Crippen molar-refractivity contribution in [2.75, 3.05) is 37.9 Å². The van der Waals surface area contributed by atoms with Crippen LogP contribution in [0.25, 0.3) is 0 Å². The number of fused-ring (bicyclic) bond motifs is 11. The highest BCUT2D eigenvalue weighted by molar-refractivity contribution is 8.78. The summed E-state index contributed by atoms with van der Waals surface area (Å²) in [4.78, 5) is 56.6. The smallest absolute Gasteiger partial charge is 0.265 e. The minimum Gasteiger partial charge on any atom is -0.392 e. The number of amides is 4. The summed E-state index contributed by atoms with van der Waals surface area (Å²) < 4.78 is 0. The van der Waals surface area contributed by atoms with E-state index in [0.717, 1.165) is 43.2 Å². The summed E-state index contributed by atoms with van der Waals surface area (Å²) in [5.74, 6) is -2.36. The van der Waals surface area contributed by atoms with Crippen LogP contribution in [0.3, 0.4) is 0 Å². The molecule has 2 aromatic rings. The number of aliphatic hydroxyl groups is 4. The second-order valence-corrected chi connectivity index (χ2v) is 18.7. The SMILES string of the molecule is CN1C(=O)C23SSC1(CO)C(=O)N2C1Nc2ccccc2C1(C12c4ccccc4NC1N1C(=O)C4(CO)SSC1(C(=O)N4C)C2O)C3O. The summed E-state index contributed by atoms with van der Waals surface area (Å²) in [7, 11) is 6.89. The second-order valence-electron chi connectivity index (χ2n) is 13.4. The van der Waals surface area contributed by atoms with E-state index < -0.39 is 91.7 Å². The molecule has 18 heteroatoms. The molecule has 14 nitrogen and oxygen atoms in total. The summed E-state index contributed by atoms with van der Waals surface area (Å²) in [5.41, 5.74) is -1.46. The van der Waals surface area contributed by atoms with Crippen LogP contribution in [0.4, 0.5) is 11.4 Å². The summed E-state index contributed by atoms with van der Waals surface area (Å²) >= 11 is 0. The molecule has 48 heavy (non-hydrogen) atoms. The van der Waals surface area contributed by atoms with Crippen LogP contribution in [0.2, 0.25) is 0 Å². The Kier molecular flexibility index (Phi) is 5.45. The third-order valence-electron chi connectivity index (χ3n) is 12.2. The lowest BCUT2D eigenvalue weighted by Gasteiger charge is -2.58. The van der Waals surface area contributed by atoms with Gasteiger partial charge in [0.15, 0.2) is 0 Å². The van der Waals surface area contributed by atoms with Gasteiger partial charge < -0.3 is 40.9 Å². The first kappa shape index (κ1) is 30.0. The first-order valence-electron chi connectivity index (χ1n) is 15.2. The number of rotatable bonds is 3. The van der Waals surface area contributed by atoms with Crippen LogP contribution in [-0.4, -0.2) is 135 Å². The highest BCUT2D eigenvalue weighted by atomic mass is 33.1. The van der Waals surface area contributed by atoms with Crippen LogP contribution in [-0.2, 0) is 30.0 Å². The van der Waals surface area contributed by atoms with Crippen LogP contribution in [0, 0.1) is 0 Å². The predicted molar refractivity (Wildman–Crippen MR) is 178 cm³/mol. The average molecular weight is 729 g/mol. The molecule has 0 aliphatic carbocycles. The fourth-order valence-electron chi connectivity index (χ4n) is 10.0. The van der Waals surface area contributed by atoms with Crippen LogP contribution < -0.4 is 10.6 Å². The van der Waals surface area contributed by atoms with Gasteiger partial charge >= 0.3 is 0 Å². The standard InChI is InChI=1S/C30H28N6O8S4/c1-33-23(43)29-17(39)27(13-7-3-5-9-15(13)31-19(27)35(29)21(41)25(33,11-37)45-47-29)28-14-8-4-6-10-16(14)32-20(28)36-22(42)26(12-38)34(2)24(44)30(36,18(28)40)48-46-26/h3-10,17-20,31-32,37-40H,11-12H2,1-2H3. The molecule has 2 spiro atoms. The van der Waals surface area contributed by atoms with Crippen molar-refractivity contribution in [1.29, 1.82) is 0 Å². The topological polar surface area (TPSA) is 186 Å². The minimum atomic E-state index is -1.91. The van der Waals surface area contributed by atoms with Crippen LogP contribution in [0.15, 0.2) is 48.5 Å². The zero-order chi connectivity index (χ0) is 33.6. The predicted octanol–water partition coefficient (Wildman–Crippen LogP) is -0.724. The Hall–Kier alpha value is -2.84. The molecule has 0 saturated carbocycles. The van der Waals surface area contributed by atoms with Crippen molar-refractivity contribution in [1.82, 2.24) is 19.6 Å². The Morgan fingerprint density at radius 3 is 1.38 bits per heavy atom. The van der Waals surface area contributed by atoms with Crippen molar-refractivity contribution in [3.63, 3.8) is 0 Å². The average Bonchev–Trinajstić information content (AvgIpc) is 3.75. The van der Waals surface area contributed by atoms with Gasteiger partial charge in [-0.25, -0.2) is 0 Å². The van der Waals surface area contributed by atoms with Gasteiger partial charge in [0, 0.05) is 25.5 Å². The Bertz CT molecular complexity index is 1810. The molecule has 10 atom stereocenters. The van der Waals surface area contributed by atoms with Crippen molar-refractivity contribution in [2.24, 2.45) is 0 Å². The Morgan fingerprint density at radius 1 is 0.625 bits per heavy atom. The van der Waals surface area contributed by atoms with E-state index in [1.165, 1.54) is 33.7 Å². The minimum absolute atomic E-state index is 0.498. The molecule has 10 unspecified atom stereocenters. The van der Waals surface area contributed by atoms with Gasteiger partial charge in [-0.2, -0.15) is 0 Å². The van der Waals surface area contributed by atoms with E-state index >= 15 is 0 Å². The summed E-state index contributed by atoms with van der Waals surface area (Å²) in [6.07, 6.45) is -5.79. The molecule has 0 aromatic heterocycles. The van der Waals surface area contributed by atoms with E-state index in [1.807, 2.05) is 0 Å². The van der Waals surface area contributed by atoms with E-state index in [2.05, 4.69) is 10.6 Å². The van der Waals surface area contributed by atoms with E-state index in [-0.39, 0.29) is 0 Å². The Labute approximate surface area is 288 Å². The van der Waals surface area contributed by atoms with Crippen molar-refractivity contribution in [3.8, 4) is 0 Å². The third-order valence-corrected chi connectivity index (χ3v) is 19.4. The van der Waals surface area contributed by atoms with Gasteiger partial charge in [0.25, 0.3) is 23.6 Å². The largest absolute Gasteiger partial charge is 0.392 e. The number of hydrogen-bond acceptors (Lipinski definition) is 14. The molecule has 12 rings (SSSR count). The summed E-state index contributed by atoms with van der Waals surface area (Å²) in [6.45, 7) is -1.35. The molecule has 0 radical (unpaired) electrons. The maximum absolute atomic E-state index is 14.7. The normalized spacial score (nSPS) is 45.5. The lowest BCUT2D eigenvalue weighted by atomic mass is 9.52. The van der Waals surface area contributed by atoms with Crippen molar-refractivity contribution in [2.45, 2.75) is 54.9 Å². The quantitative estimate of drug-likeness (QED) is 0.218. The van der Waals surface area contributed by atoms with Crippen LogP contribution >= 0.6 is 43.2 Å². The number of aliphatic hydroxyl groups excluding tert-OH is 4. The molecule has 10 heterocycles. The van der Waals surface area contributed by atoms with Gasteiger partial charge in [-0.15, -0.1) is 0 Å². The van der Waals surface area contributed by atoms with E-state index in [4.69, 9.17) is 0 Å². The number of hydrogen-bond donors (Lipinski definition) is 6. The molecule has 8 saturated heterocycles. The third kappa shape index (κ3) is 2.47. The van der Waals surface area contributed by atoms with Crippen molar-refractivity contribution < 1.29 is 39.6 Å². The molecule has 250 valence electrons. The molecule has 10 aliphatic rings. The van der Waals surface area contributed by atoms with Gasteiger partial charge in [-0.05, 0) is 66.4 Å². The zero-order valence-electron chi connectivity index (χ0n) is 25.2. The fraction of sp³-hybridized carbons (Fsp3) is 0.467. The number of nitrogens with one attached hydrogen (secondary N) is 2. The van der Waals surface area contributed by atoms with Gasteiger partial charge in [0.2, 0.25) is 19.5 Å². The van der Waals surface area contributed by atoms with Crippen molar-refractivity contribution >= 4 is 78.2 Å². The molecule has 10 aliphatic heterocycles. The summed E-state index contributed by atoms with van der Waals surface area (Å²) in [6, 6.07) is 14.2. The highest BCUT2D eigenvalue weighted by Crippen LogP contribution is 2.78. The zero-order valence-corrected chi connectivity index (χ0v) is 28.5. The molecule has 4 amide bonds. The number of benzene rings is 2. The number of carbonyl (C=O) groups excluding carboxylic acids is 4. The van der Waals surface area contributed by atoms with Gasteiger partial charge in [0.05, 0.1) is 24.0 Å². The number of nitrogens with zero attached hydrogens (tertiary/aromatic N) is 4. The fourth-order valence-corrected chi connectivity index (χ4v) is 17.4. The maximum Gasteiger partial charge on any atom is 0.265 e. The van der Waals surface area contributed by atoms with E-state index in [1.54, 1.807) is 48.5 Å². The van der Waals surface area contributed by atoms with Crippen LogP contribution in [0.1, 0.15) is 11.1 Å². The first-order valence-corrected chi connectivity index (χ1v) is 19.5. The number of piperazine rings is 2. The van der Waals surface area contributed by atoms with E-state index in [9.17, 15) is 39.6 Å². The first-order chi connectivity index (χ1) is 23.0. The highest BCUT2D eigenvalue weighted by Gasteiger charge is 2.93.